The van der Waals surface area contributed by atoms with Crippen molar-refractivity contribution < 1.29 is 5.11 Å². The van der Waals surface area contributed by atoms with Crippen molar-refractivity contribution in [1.29, 1.82) is 0 Å². The first-order valence-electron chi connectivity index (χ1n) is 2.22. The molecule has 0 atom stereocenters. The lowest BCUT2D eigenvalue weighted by Crippen LogP contribution is -2.45. The first-order valence-corrected chi connectivity index (χ1v) is 2.22. The summed E-state index contributed by atoms with van der Waals surface area (Å²) in [6.07, 6.45) is 2.66. The van der Waals surface area contributed by atoms with Crippen molar-refractivity contribution in [1.82, 2.24) is 0 Å². The Labute approximate surface area is 49.1 Å². The van der Waals surface area contributed by atoms with Crippen molar-refractivity contribution in [2.45, 2.75) is 25.0 Å². The molecule has 0 aliphatic heterocycles. The molecule has 1 saturated carbocycles. The first kappa shape index (κ1) is 7.21. The predicted octanol–water partition coefficient (Wildman–Crippen LogP) is 0.239. The van der Waals surface area contributed by atoms with Gasteiger partial charge in [0.15, 0.2) is 0 Å². The number of rotatable bonds is 0. The molecule has 0 aromatic carbocycles. The summed E-state index contributed by atoms with van der Waals surface area (Å²) >= 11 is 0. The van der Waals surface area contributed by atoms with E-state index >= 15 is 0 Å². The van der Waals surface area contributed by atoms with Crippen LogP contribution in [0.3, 0.4) is 0 Å². The molecule has 0 aromatic heterocycles. The first-order chi connectivity index (χ1) is 2.71. The van der Waals surface area contributed by atoms with Gasteiger partial charge in [-0.15, -0.1) is 12.4 Å². The number of nitrogens with two attached hydrogens (primary N) is 1. The highest BCUT2D eigenvalue weighted by Gasteiger charge is 2.28. The van der Waals surface area contributed by atoms with Crippen LogP contribution in [0.5, 0.6) is 0 Å². The van der Waals surface area contributed by atoms with Crippen LogP contribution in [0.1, 0.15) is 19.3 Å². The van der Waals surface area contributed by atoms with Gasteiger partial charge in [0.1, 0.15) is 5.72 Å². The van der Waals surface area contributed by atoms with Crippen molar-refractivity contribution in [2.24, 2.45) is 5.73 Å². The molecule has 0 amide bonds. The molecular weight excluding hydrogens is 114 g/mol. The standard InChI is InChI=1S/C4H9NO.ClH/c5-4(6)2-1-3-4;/h6H,1-3,5H2;1H. The Balaban J connectivity index is 0.000000360. The van der Waals surface area contributed by atoms with Gasteiger partial charge in [-0.25, -0.2) is 0 Å². The van der Waals surface area contributed by atoms with Crippen molar-refractivity contribution >= 4 is 12.4 Å². The van der Waals surface area contributed by atoms with Crippen LogP contribution in [0.15, 0.2) is 0 Å². The Bertz CT molecular complexity index is 58.7. The molecule has 7 heavy (non-hydrogen) atoms. The van der Waals surface area contributed by atoms with Gasteiger partial charge >= 0.3 is 0 Å². The molecule has 1 aliphatic carbocycles. The second-order valence-corrected chi connectivity index (χ2v) is 1.96. The van der Waals surface area contributed by atoms with Crippen LogP contribution >= 0.6 is 12.4 Å². The van der Waals surface area contributed by atoms with Gasteiger partial charge in [0.25, 0.3) is 0 Å². The minimum atomic E-state index is -0.778. The van der Waals surface area contributed by atoms with Gasteiger partial charge in [-0.05, 0) is 19.3 Å². The fraction of sp³-hybridized carbons (Fsp3) is 1.00. The molecule has 2 nitrogen and oxygen atoms in total. The Morgan fingerprint density at radius 3 is 1.71 bits per heavy atom. The second kappa shape index (κ2) is 1.99. The van der Waals surface area contributed by atoms with E-state index < -0.39 is 5.72 Å². The molecule has 0 saturated heterocycles. The van der Waals surface area contributed by atoms with Gasteiger partial charge in [0.2, 0.25) is 0 Å². The summed E-state index contributed by atoms with van der Waals surface area (Å²) in [5.41, 5.74) is 4.40. The smallest absolute Gasteiger partial charge is 0.113 e. The highest BCUT2D eigenvalue weighted by Crippen LogP contribution is 2.24. The third-order valence-corrected chi connectivity index (χ3v) is 1.22. The Morgan fingerprint density at radius 1 is 1.43 bits per heavy atom. The van der Waals surface area contributed by atoms with E-state index in [0.717, 1.165) is 19.3 Å². The number of hydrogen-bond donors (Lipinski definition) is 2. The Morgan fingerprint density at radius 2 is 1.71 bits per heavy atom. The van der Waals surface area contributed by atoms with Gasteiger partial charge in [-0.2, -0.15) is 0 Å². The lowest BCUT2D eigenvalue weighted by atomic mass is 9.90. The fourth-order valence-corrected chi connectivity index (χ4v) is 0.539. The largest absolute Gasteiger partial charge is 0.376 e. The molecule has 3 heteroatoms. The van der Waals surface area contributed by atoms with E-state index in [9.17, 15) is 0 Å². The van der Waals surface area contributed by atoms with Crippen molar-refractivity contribution in [2.75, 3.05) is 0 Å². The summed E-state index contributed by atoms with van der Waals surface area (Å²) in [7, 11) is 0. The van der Waals surface area contributed by atoms with Gasteiger partial charge < -0.3 is 10.8 Å². The van der Waals surface area contributed by atoms with E-state index in [-0.39, 0.29) is 12.4 Å². The SMILES string of the molecule is Cl.NC1(O)CCC1. The van der Waals surface area contributed by atoms with E-state index in [1.54, 1.807) is 0 Å². The molecule has 0 spiro atoms. The molecule has 0 aromatic rings. The lowest BCUT2D eigenvalue weighted by Gasteiger charge is -2.31. The average molecular weight is 124 g/mol. The third-order valence-electron chi connectivity index (χ3n) is 1.22. The van der Waals surface area contributed by atoms with Crippen LogP contribution in [0.4, 0.5) is 0 Å². The molecule has 44 valence electrons. The zero-order valence-electron chi connectivity index (χ0n) is 4.05. The van der Waals surface area contributed by atoms with Crippen molar-refractivity contribution in [3.05, 3.63) is 0 Å². The summed E-state index contributed by atoms with van der Waals surface area (Å²) in [4.78, 5) is 0. The molecule has 0 unspecified atom stereocenters. The van der Waals surface area contributed by atoms with Gasteiger partial charge in [-0.1, -0.05) is 0 Å². The fourth-order valence-electron chi connectivity index (χ4n) is 0.539. The monoisotopic (exact) mass is 123 g/mol. The summed E-state index contributed by atoms with van der Waals surface area (Å²) in [5, 5.41) is 8.69. The maximum atomic E-state index is 8.69. The van der Waals surface area contributed by atoms with Crippen LogP contribution in [-0.4, -0.2) is 10.8 Å². The summed E-state index contributed by atoms with van der Waals surface area (Å²) in [6, 6.07) is 0. The normalized spacial score (nSPS) is 24.9. The minimum absolute atomic E-state index is 0. The highest BCUT2D eigenvalue weighted by atomic mass is 35.5. The minimum Gasteiger partial charge on any atom is -0.376 e. The average Bonchev–Trinajstić information content (AvgIpc) is 1.32. The molecule has 0 radical (unpaired) electrons. The molecule has 0 bridgehead atoms. The highest BCUT2D eigenvalue weighted by molar-refractivity contribution is 5.85. The van der Waals surface area contributed by atoms with Gasteiger partial charge in [0, 0.05) is 0 Å². The van der Waals surface area contributed by atoms with E-state index in [1.807, 2.05) is 0 Å². The van der Waals surface area contributed by atoms with Crippen molar-refractivity contribution in [3.63, 3.8) is 0 Å². The van der Waals surface area contributed by atoms with Crippen LogP contribution in [0.25, 0.3) is 0 Å². The summed E-state index contributed by atoms with van der Waals surface area (Å²) in [5.74, 6) is 0. The molecule has 1 rings (SSSR count). The summed E-state index contributed by atoms with van der Waals surface area (Å²) in [6.45, 7) is 0. The lowest BCUT2D eigenvalue weighted by molar-refractivity contribution is -0.0268. The zero-order chi connectivity index (χ0) is 4.62. The Hall–Kier alpha value is 0.210. The molecule has 3 N–H and O–H groups in total. The number of aliphatic hydroxyl groups is 1. The maximum Gasteiger partial charge on any atom is 0.113 e. The molecule has 1 fully saturated rings. The van der Waals surface area contributed by atoms with Gasteiger partial charge in [0.05, 0.1) is 0 Å². The van der Waals surface area contributed by atoms with E-state index in [2.05, 4.69) is 0 Å². The maximum absolute atomic E-state index is 8.69. The van der Waals surface area contributed by atoms with Crippen LogP contribution in [-0.2, 0) is 0 Å². The molecule has 1 aliphatic rings. The third kappa shape index (κ3) is 1.63. The van der Waals surface area contributed by atoms with Crippen molar-refractivity contribution in [3.8, 4) is 0 Å². The predicted molar refractivity (Wildman–Crippen MR) is 30.2 cm³/mol. The second-order valence-electron chi connectivity index (χ2n) is 1.96. The van der Waals surface area contributed by atoms with E-state index in [4.69, 9.17) is 10.8 Å². The van der Waals surface area contributed by atoms with Crippen LogP contribution < -0.4 is 5.73 Å². The van der Waals surface area contributed by atoms with Gasteiger partial charge in [-0.3, -0.25) is 0 Å². The van der Waals surface area contributed by atoms with E-state index in [0.29, 0.717) is 0 Å². The van der Waals surface area contributed by atoms with Crippen LogP contribution in [0, 0.1) is 0 Å². The number of hydrogen-bond acceptors (Lipinski definition) is 2. The van der Waals surface area contributed by atoms with E-state index in [1.165, 1.54) is 0 Å². The summed E-state index contributed by atoms with van der Waals surface area (Å²) < 4.78 is 0. The molecular formula is C4H10ClNO. The van der Waals surface area contributed by atoms with Crippen LogP contribution in [0.2, 0.25) is 0 Å². The topological polar surface area (TPSA) is 46.2 Å². The molecule has 0 heterocycles. The quantitative estimate of drug-likeness (QED) is 0.454. The Kier molecular flexibility index (Phi) is 2.05. The zero-order valence-corrected chi connectivity index (χ0v) is 4.87. The number of halogens is 1.